The lowest BCUT2D eigenvalue weighted by Gasteiger charge is -1.80. The summed E-state index contributed by atoms with van der Waals surface area (Å²) in [5.74, 6) is 0. The fourth-order valence-corrected chi connectivity index (χ4v) is 0.560. The van der Waals surface area contributed by atoms with Crippen LogP contribution in [-0.4, -0.2) is 8.42 Å². The van der Waals surface area contributed by atoms with Gasteiger partial charge in [0.2, 0.25) is 0 Å². The first-order chi connectivity index (χ1) is 4.81. The lowest BCUT2D eigenvalue weighted by molar-refractivity contribution is 0.630. The summed E-state index contributed by atoms with van der Waals surface area (Å²) in [6.45, 7) is 0. The summed E-state index contributed by atoms with van der Waals surface area (Å²) in [5.41, 5.74) is 0. The number of halogens is 1. The van der Waals surface area contributed by atoms with Gasteiger partial charge in [0.05, 0.1) is 0 Å². The summed E-state index contributed by atoms with van der Waals surface area (Å²) in [6, 6.07) is 9.44. The molecule has 0 saturated heterocycles. The zero-order chi connectivity index (χ0) is 7.82. The first kappa shape index (κ1) is 9.33. The van der Waals surface area contributed by atoms with Crippen molar-refractivity contribution in [2.24, 2.45) is 0 Å². The van der Waals surface area contributed by atoms with Crippen LogP contribution in [0.4, 0.5) is 0 Å². The average molecular weight is 177 g/mol. The molecular formula is C6H5ClO2S. The minimum atomic E-state index is -0.750. The van der Waals surface area contributed by atoms with E-state index in [-0.39, 0.29) is 0 Å². The van der Waals surface area contributed by atoms with Crippen molar-refractivity contribution < 1.29 is 8.42 Å². The molecule has 2 nitrogen and oxygen atoms in total. The predicted octanol–water partition coefficient (Wildman–Crippen LogP) is 1.67. The van der Waals surface area contributed by atoms with Crippen LogP contribution in [0.2, 0.25) is 5.02 Å². The van der Waals surface area contributed by atoms with Gasteiger partial charge in [-0.2, -0.15) is 8.42 Å². The highest BCUT2D eigenvalue weighted by molar-refractivity contribution is 7.51. The second-order valence-electron chi connectivity index (χ2n) is 1.36. The standard InChI is InChI=1S/C6H5Cl.O2S/c7-6-4-2-1-3-5-6;1-3-2/h1-5H;. The van der Waals surface area contributed by atoms with E-state index < -0.39 is 11.6 Å². The van der Waals surface area contributed by atoms with Crippen molar-refractivity contribution in [2.75, 3.05) is 0 Å². The molecule has 10 heavy (non-hydrogen) atoms. The number of rotatable bonds is 0. The van der Waals surface area contributed by atoms with Crippen LogP contribution in [0.5, 0.6) is 0 Å². The zero-order valence-electron chi connectivity index (χ0n) is 4.99. The molecule has 54 valence electrons. The van der Waals surface area contributed by atoms with Crippen molar-refractivity contribution in [3.05, 3.63) is 35.4 Å². The molecule has 0 aliphatic rings. The van der Waals surface area contributed by atoms with Crippen LogP contribution in [0, 0.1) is 0 Å². The molecule has 0 spiro atoms. The van der Waals surface area contributed by atoms with E-state index in [2.05, 4.69) is 0 Å². The van der Waals surface area contributed by atoms with Crippen molar-refractivity contribution in [1.82, 2.24) is 0 Å². The largest absolute Gasteiger partial charge is 0.335 e. The second-order valence-corrected chi connectivity index (χ2v) is 1.94. The molecule has 0 fully saturated rings. The van der Waals surface area contributed by atoms with Gasteiger partial charge in [-0.25, -0.2) is 0 Å². The normalized spacial score (nSPS) is 7.30. The summed E-state index contributed by atoms with van der Waals surface area (Å²) in [7, 11) is 0. The van der Waals surface area contributed by atoms with Crippen LogP contribution in [0.15, 0.2) is 30.3 Å². The Morgan fingerprint density at radius 3 is 1.70 bits per heavy atom. The highest BCUT2D eigenvalue weighted by Crippen LogP contribution is 2.03. The van der Waals surface area contributed by atoms with E-state index in [0.29, 0.717) is 0 Å². The van der Waals surface area contributed by atoms with Crippen LogP contribution in [0.1, 0.15) is 0 Å². The van der Waals surface area contributed by atoms with Crippen molar-refractivity contribution >= 4 is 23.2 Å². The van der Waals surface area contributed by atoms with Gasteiger partial charge in [0.25, 0.3) is 0 Å². The smallest absolute Gasteiger partial charge is 0.168 e. The molecule has 0 atom stereocenters. The Balaban J connectivity index is 0.000000236. The highest BCUT2D eigenvalue weighted by atomic mass is 35.5. The fourth-order valence-electron chi connectivity index (χ4n) is 0.415. The summed E-state index contributed by atoms with van der Waals surface area (Å²) >= 11 is 4.79. The summed E-state index contributed by atoms with van der Waals surface area (Å²) in [4.78, 5) is 0. The van der Waals surface area contributed by atoms with Gasteiger partial charge in [-0.05, 0) is 12.1 Å². The van der Waals surface area contributed by atoms with Gasteiger partial charge in [-0.3, -0.25) is 0 Å². The predicted molar refractivity (Wildman–Crippen MR) is 40.4 cm³/mol. The van der Waals surface area contributed by atoms with E-state index in [0.717, 1.165) is 5.02 Å². The van der Waals surface area contributed by atoms with Gasteiger partial charge >= 0.3 is 11.6 Å². The average Bonchev–Trinajstić information content (AvgIpc) is 1.91. The van der Waals surface area contributed by atoms with Crippen LogP contribution in [-0.2, 0) is 11.6 Å². The van der Waals surface area contributed by atoms with Crippen molar-refractivity contribution in [1.29, 1.82) is 0 Å². The van der Waals surface area contributed by atoms with E-state index in [9.17, 15) is 0 Å². The fraction of sp³-hybridized carbons (Fsp3) is 0. The molecule has 0 N–H and O–H groups in total. The molecule has 0 radical (unpaired) electrons. The molecule has 0 aromatic heterocycles. The topological polar surface area (TPSA) is 34.1 Å². The summed E-state index contributed by atoms with van der Waals surface area (Å²) < 4.78 is 16.6. The van der Waals surface area contributed by atoms with E-state index in [1.165, 1.54) is 0 Å². The maximum Gasteiger partial charge on any atom is 0.335 e. The van der Waals surface area contributed by atoms with Crippen molar-refractivity contribution in [2.45, 2.75) is 0 Å². The Labute approximate surface area is 67.4 Å². The first-order valence-electron chi connectivity index (χ1n) is 2.43. The number of benzene rings is 1. The van der Waals surface area contributed by atoms with E-state index in [1.807, 2.05) is 30.3 Å². The monoisotopic (exact) mass is 176 g/mol. The van der Waals surface area contributed by atoms with Gasteiger partial charge in [0.1, 0.15) is 0 Å². The number of hydrogen-bond acceptors (Lipinski definition) is 2. The lowest BCUT2D eigenvalue weighted by atomic mass is 10.4. The van der Waals surface area contributed by atoms with Gasteiger partial charge in [-0.15, -0.1) is 0 Å². The molecule has 4 heteroatoms. The maximum absolute atomic E-state index is 8.29. The van der Waals surface area contributed by atoms with Gasteiger partial charge in [0, 0.05) is 5.02 Å². The Morgan fingerprint density at radius 2 is 1.50 bits per heavy atom. The molecule has 0 aliphatic carbocycles. The molecule has 0 heterocycles. The Morgan fingerprint density at radius 1 is 1.10 bits per heavy atom. The minimum absolute atomic E-state index is 0.750. The molecule has 0 bridgehead atoms. The second kappa shape index (κ2) is 6.45. The maximum atomic E-state index is 8.29. The van der Waals surface area contributed by atoms with Crippen LogP contribution in [0.3, 0.4) is 0 Å². The Bertz CT molecular complexity index is 206. The SMILES string of the molecule is Clc1ccccc1.O=S=O. The molecule has 0 aliphatic heterocycles. The minimum Gasteiger partial charge on any atom is -0.168 e. The van der Waals surface area contributed by atoms with Crippen LogP contribution in [0.25, 0.3) is 0 Å². The third-order valence-electron chi connectivity index (χ3n) is 0.733. The Hall–Kier alpha value is -0.670. The quantitative estimate of drug-likeness (QED) is 0.603. The van der Waals surface area contributed by atoms with Crippen molar-refractivity contribution in [3.63, 3.8) is 0 Å². The third-order valence-corrected chi connectivity index (χ3v) is 0.985. The molecule has 0 amide bonds. The van der Waals surface area contributed by atoms with E-state index >= 15 is 0 Å². The van der Waals surface area contributed by atoms with E-state index in [1.54, 1.807) is 0 Å². The molecular weight excluding hydrogens is 172 g/mol. The highest BCUT2D eigenvalue weighted by Gasteiger charge is 1.74. The van der Waals surface area contributed by atoms with Gasteiger partial charge in [-0.1, -0.05) is 29.8 Å². The summed E-state index contributed by atoms with van der Waals surface area (Å²) in [5, 5.41) is 0.794. The van der Waals surface area contributed by atoms with Gasteiger partial charge < -0.3 is 0 Å². The molecule has 1 rings (SSSR count). The molecule has 1 aromatic carbocycles. The first-order valence-corrected chi connectivity index (χ1v) is 3.48. The van der Waals surface area contributed by atoms with Crippen LogP contribution >= 0.6 is 11.6 Å². The third kappa shape index (κ3) is 5.47. The van der Waals surface area contributed by atoms with E-state index in [4.69, 9.17) is 20.0 Å². The molecule has 1 aromatic rings. The molecule has 0 saturated carbocycles. The summed E-state index contributed by atoms with van der Waals surface area (Å²) in [6.07, 6.45) is 0. The van der Waals surface area contributed by atoms with Crippen molar-refractivity contribution in [3.8, 4) is 0 Å². The Kier molecular flexibility index (Phi) is 6.02. The van der Waals surface area contributed by atoms with Crippen LogP contribution < -0.4 is 0 Å². The van der Waals surface area contributed by atoms with Gasteiger partial charge in [0.15, 0.2) is 0 Å². The number of hydrogen-bond donors (Lipinski definition) is 0. The lowest BCUT2D eigenvalue weighted by Crippen LogP contribution is -1.55. The molecule has 0 unspecified atom stereocenters. The zero-order valence-corrected chi connectivity index (χ0v) is 6.56.